The first-order chi connectivity index (χ1) is 9.92. The molecule has 0 radical (unpaired) electrons. The lowest BCUT2D eigenvalue weighted by Crippen LogP contribution is -2.21. The summed E-state index contributed by atoms with van der Waals surface area (Å²) >= 11 is 6.78. The molecule has 21 heavy (non-hydrogen) atoms. The van der Waals surface area contributed by atoms with Gasteiger partial charge in [0.25, 0.3) is 5.91 Å². The first kappa shape index (κ1) is 16.0. The van der Waals surface area contributed by atoms with Crippen molar-refractivity contribution in [3.63, 3.8) is 0 Å². The number of thiophene rings is 1. The number of amides is 1. The van der Waals surface area contributed by atoms with Gasteiger partial charge >= 0.3 is 0 Å². The van der Waals surface area contributed by atoms with Gasteiger partial charge in [-0.15, -0.1) is 11.3 Å². The number of carbonyl (C=O) groups is 1. The number of benzene rings is 1. The molecule has 0 aliphatic heterocycles. The summed E-state index contributed by atoms with van der Waals surface area (Å²) in [5.74, 6) is -0.322. The van der Waals surface area contributed by atoms with Crippen LogP contribution in [0.5, 0.6) is 0 Å². The molecule has 2 aromatic rings. The van der Waals surface area contributed by atoms with E-state index in [-0.39, 0.29) is 10.1 Å². The fraction of sp³-hybridized carbons (Fsp3) is 0.154. The van der Waals surface area contributed by atoms with Crippen LogP contribution in [0.25, 0.3) is 0 Å². The summed E-state index contributed by atoms with van der Waals surface area (Å²) in [5.41, 5.74) is 0.871. The van der Waals surface area contributed by atoms with Crippen molar-refractivity contribution < 1.29 is 13.2 Å². The Hall–Kier alpha value is -1.41. The smallest absolute Gasteiger partial charge is 0.261 e. The molecule has 0 saturated carbocycles. The fourth-order valence-electron chi connectivity index (χ4n) is 1.60. The molecule has 0 fully saturated rings. The second-order valence-corrected chi connectivity index (χ2v) is 7.77. The lowest BCUT2D eigenvalue weighted by Gasteiger charge is -2.04. The number of nitrogens with one attached hydrogen (secondary N) is 2. The van der Waals surface area contributed by atoms with Gasteiger partial charge in [-0.3, -0.25) is 4.79 Å². The van der Waals surface area contributed by atoms with Gasteiger partial charge < -0.3 is 5.32 Å². The van der Waals surface area contributed by atoms with E-state index in [1.807, 2.05) is 6.07 Å². The van der Waals surface area contributed by atoms with E-state index < -0.39 is 10.0 Å². The highest BCUT2D eigenvalue weighted by molar-refractivity contribution is 7.91. The zero-order valence-electron chi connectivity index (χ0n) is 11.1. The lowest BCUT2D eigenvalue weighted by atomic mass is 10.2. The third kappa shape index (κ3) is 4.04. The molecule has 2 N–H and O–H groups in total. The molecule has 0 unspecified atom stereocenters. The maximum Gasteiger partial charge on any atom is 0.261 e. The van der Waals surface area contributed by atoms with Crippen LogP contribution < -0.4 is 10.0 Å². The van der Waals surface area contributed by atoms with Crippen LogP contribution in [-0.4, -0.2) is 21.4 Å². The topological polar surface area (TPSA) is 75.3 Å². The van der Waals surface area contributed by atoms with E-state index in [0.29, 0.717) is 16.4 Å². The molecule has 1 heterocycles. The van der Waals surface area contributed by atoms with Crippen LogP contribution in [0, 0.1) is 0 Å². The minimum atomic E-state index is -3.51. The fourth-order valence-corrected chi connectivity index (χ4v) is 3.88. The standard InChI is InChI=1S/C13H13ClN2O3S2/c1-15-21(18,19)12-6-5-11(20-12)13(17)16-8-9-3-2-4-10(14)7-9/h2-7,15H,8H2,1H3,(H,16,17). The van der Waals surface area contributed by atoms with Gasteiger partial charge in [-0.1, -0.05) is 23.7 Å². The number of rotatable bonds is 5. The molecule has 1 aromatic carbocycles. The van der Waals surface area contributed by atoms with Gasteiger partial charge in [0.05, 0.1) is 4.88 Å². The van der Waals surface area contributed by atoms with Crippen molar-refractivity contribution in [1.82, 2.24) is 10.0 Å². The average Bonchev–Trinajstić information content (AvgIpc) is 2.95. The summed E-state index contributed by atoms with van der Waals surface area (Å²) in [4.78, 5) is 12.3. The highest BCUT2D eigenvalue weighted by Crippen LogP contribution is 2.21. The van der Waals surface area contributed by atoms with E-state index in [0.717, 1.165) is 16.9 Å². The zero-order chi connectivity index (χ0) is 15.5. The molecule has 8 heteroatoms. The molecular weight excluding hydrogens is 332 g/mol. The first-order valence-corrected chi connectivity index (χ1v) is 8.66. The summed E-state index contributed by atoms with van der Waals surface area (Å²) in [6.45, 7) is 0.325. The maximum absolute atomic E-state index is 12.0. The Bertz CT molecular complexity index is 756. The van der Waals surface area contributed by atoms with E-state index in [1.165, 1.54) is 19.2 Å². The van der Waals surface area contributed by atoms with Gasteiger partial charge in [0.1, 0.15) is 4.21 Å². The Balaban J connectivity index is 2.04. The lowest BCUT2D eigenvalue weighted by molar-refractivity contribution is 0.0955. The van der Waals surface area contributed by atoms with Gasteiger partial charge in [-0.25, -0.2) is 13.1 Å². The molecule has 1 aromatic heterocycles. The van der Waals surface area contributed by atoms with Crippen LogP contribution >= 0.6 is 22.9 Å². The summed E-state index contributed by atoms with van der Waals surface area (Å²) < 4.78 is 25.5. The van der Waals surface area contributed by atoms with Crippen molar-refractivity contribution in [2.45, 2.75) is 10.8 Å². The van der Waals surface area contributed by atoms with Crippen molar-refractivity contribution in [2.24, 2.45) is 0 Å². The van der Waals surface area contributed by atoms with E-state index in [1.54, 1.807) is 18.2 Å². The number of hydrogen-bond donors (Lipinski definition) is 2. The minimum Gasteiger partial charge on any atom is -0.347 e. The number of sulfonamides is 1. The SMILES string of the molecule is CNS(=O)(=O)c1ccc(C(=O)NCc2cccc(Cl)c2)s1. The molecule has 0 aliphatic rings. The van der Waals surface area contributed by atoms with Crippen LogP contribution in [0.15, 0.2) is 40.6 Å². The maximum atomic E-state index is 12.0. The van der Waals surface area contributed by atoms with Crippen LogP contribution in [0.3, 0.4) is 0 Å². The normalized spacial score (nSPS) is 11.3. The third-order valence-electron chi connectivity index (χ3n) is 2.68. The minimum absolute atomic E-state index is 0.109. The number of carbonyl (C=O) groups excluding carboxylic acids is 1. The predicted octanol–water partition coefficient (Wildman–Crippen LogP) is 2.24. The predicted molar refractivity (Wildman–Crippen MR) is 83.2 cm³/mol. The van der Waals surface area contributed by atoms with Crippen LogP contribution in [0.2, 0.25) is 5.02 Å². The third-order valence-corrected chi connectivity index (χ3v) is 5.91. The highest BCUT2D eigenvalue weighted by atomic mass is 35.5. The molecule has 2 rings (SSSR count). The second kappa shape index (κ2) is 6.57. The second-order valence-electron chi connectivity index (χ2n) is 4.14. The Morgan fingerprint density at radius 1 is 1.29 bits per heavy atom. The van der Waals surface area contributed by atoms with E-state index in [9.17, 15) is 13.2 Å². The van der Waals surface area contributed by atoms with Crippen molar-refractivity contribution in [1.29, 1.82) is 0 Å². The first-order valence-electron chi connectivity index (χ1n) is 5.98. The molecule has 1 amide bonds. The van der Waals surface area contributed by atoms with Crippen LogP contribution in [0.4, 0.5) is 0 Å². The van der Waals surface area contributed by atoms with Gasteiger partial charge in [-0.05, 0) is 36.9 Å². The quantitative estimate of drug-likeness (QED) is 0.873. The van der Waals surface area contributed by atoms with E-state index in [2.05, 4.69) is 10.0 Å². The van der Waals surface area contributed by atoms with Crippen LogP contribution in [-0.2, 0) is 16.6 Å². The number of hydrogen-bond acceptors (Lipinski definition) is 4. The summed E-state index contributed by atoms with van der Waals surface area (Å²) in [6, 6.07) is 10.0. The van der Waals surface area contributed by atoms with Crippen molar-refractivity contribution in [3.05, 3.63) is 51.9 Å². The van der Waals surface area contributed by atoms with E-state index >= 15 is 0 Å². The molecule has 0 atom stereocenters. The summed E-state index contributed by atoms with van der Waals surface area (Å²) in [5, 5.41) is 3.32. The highest BCUT2D eigenvalue weighted by Gasteiger charge is 2.17. The molecule has 0 aliphatic carbocycles. The molecule has 0 saturated heterocycles. The molecule has 0 bridgehead atoms. The van der Waals surface area contributed by atoms with Gasteiger partial charge in [0, 0.05) is 11.6 Å². The van der Waals surface area contributed by atoms with Gasteiger partial charge in [0.15, 0.2) is 0 Å². The summed E-state index contributed by atoms with van der Waals surface area (Å²) in [6.07, 6.45) is 0. The Kier molecular flexibility index (Phi) is 5.00. The molecular formula is C13H13ClN2O3S2. The zero-order valence-corrected chi connectivity index (χ0v) is 13.5. The number of halogens is 1. The Labute approximate surface area is 132 Å². The Morgan fingerprint density at radius 3 is 2.71 bits per heavy atom. The summed E-state index contributed by atoms with van der Waals surface area (Å²) in [7, 11) is -2.19. The van der Waals surface area contributed by atoms with Gasteiger partial charge in [-0.2, -0.15) is 0 Å². The monoisotopic (exact) mass is 344 g/mol. The van der Waals surface area contributed by atoms with E-state index in [4.69, 9.17) is 11.6 Å². The van der Waals surface area contributed by atoms with Crippen molar-refractivity contribution in [2.75, 3.05) is 7.05 Å². The molecule has 112 valence electrons. The van der Waals surface area contributed by atoms with Crippen molar-refractivity contribution in [3.8, 4) is 0 Å². The largest absolute Gasteiger partial charge is 0.347 e. The van der Waals surface area contributed by atoms with Crippen LogP contribution in [0.1, 0.15) is 15.2 Å². The average molecular weight is 345 g/mol. The molecule has 5 nitrogen and oxygen atoms in total. The Morgan fingerprint density at radius 2 is 2.05 bits per heavy atom. The van der Waals surface area contributed by atoms with Crippen molar-refractivity contribution >= 4 is 38.9 Å². The molecule has 0 spiro atoms. The van der Waals surface area contributed by atoms with Gasteiger partial charge in [0.2, 0.25) is 10.0 Å².